The van der Waals surface area contributed by atoms with Crippen molar-refractivity contribution < 1.29 is 23.0 Å². The van der Waals surface area contributed by atoms with Gasteiger partial charge in [-0.05, 0) is 5.57 Å². The van der Waals surface area contributed by atoms with Gasteiger partial charge in [-0.15, -0.1) is 0 Å². The van der Waals surface area contributed by atoms with Gasteiger partial charge in [-0.1, -0.05) is 6.08 Å². The number of rotatable bonds is 10. The van der Waals surface area contributed by atoms with Crippen molar-refractivity contribution in [3.05, 3.63) is 58.5 Å². The van der Waals surface area contributed by atoms with Crippen LogP contribution in [0.1, 0.15) is 5.56 Å². The van der Waals surface area contributed by atoms with Crippen LogP contribution in [0.15, 0.2) is 51.2 Å². The molecule has 3 aliphatic rings. The SMILES string of the molecule is COc1cc(OC)c(F)c(CC2=CN=C3N=CC(/C(C=N)=C/NCCN4CCOCC4)=CC23)c1F. The number of amidine groups is 1. The molecule has 1 aromatic carbocycles. The molecule has 2 N–H and O–H groups in total. The van der Waals surface area contributed by atoms with E-state index >= 15 is 0 Å². The first-order valence-electron chi connectivity index (χ1n) is 11.4. The van der Waals surface area contributed by atoms with Crippen LogP contribution in [-0.2, 0) is 11.2 Å². The Morgan fingerprint density at radius 3 is 2.60 bits per heavy atom. The van der Waals surface area contributed by atoms with Crippen molar-refractivity contribution >= 4 is 18.3 Å². The van der Waals surface area contributed by atoms with E-state index in [-0.39, 0.29) is 29.4 Å². The molecule has 1 saturated heterocycles. The van der Waals surface area contributed by atoms with E-state index < -0.39 is 11.6 Å². The zero-order valence-corrected chi connectivity index (χ0v) is 19.8. The molecular formula is C25H29F2N5O3. The Kier molecular flexibility index (Phi) is 8.04. The van der Waals surface area contributed by atoms with Gasteiger partial charge < -0.3 is 24.9 Å². The van der Waals surface area contributed by atoms with Crippen LogP contribution in [0.2, 0.25) is 0 Å². The van der Waals surface area contributed by atoms with Crippen LogP contribution in [0.5, 0.6) is 11.5 Å². The third-order valence-electron chi connectivity index (χ3n) is 6.19. The van der Waals surface area contributed by atoms with E-state index in [9.17, 15) is 8.78 Å². The fourth-order valence-electron chi connectivity index (χ4n) is 4.19. The van der Waals surface area contributed by atoms with Crippen molar-refractivity contribution in [1.29, 1.82) is 5.41 Å². The average Bonchev–Trinajstić information content (AvgIpc) is 3.29. The first-order valence-corrected chi connectivity index (χ1v) is 11.4. The molecule has 0 saturated carbocycles. The zero-order valence-electron chi connectivity index (χ0n) is 19.8. The highest BCUT2D eigenvalue weighted by Gasteiger charge is 2.29. The van der Waals surface area contributed by atoms with Gasteiger partial charge in [0.05, 0.1) is 33.4 Å². The lowest BCUT2D eigenvalue weighted by atomic mass is 9.89. The van der Waals surface area contributed by atoms with E-state index in [1.54, 1.807) is 18.6 Å². The Hall–Kier alpha value is -3.37. The van der Waals surface area contributed by atoms with Crippen LogP contribution < -0.4 is 14.8 Å². The summed E-state index contributed by atoms with van der Waals surface area (Å²) < 4.78 is 45.3. The predicted octanol–water partition coefficient (Wildman–Crippen LogP) is 2.90. The number of methoxy groups -OCH3 is 2. The Morgan fingerprint density at radius 2 is 1.94 bits per heavy atom. The number of ether oxygens (including phenoxy) is 3. The summed E-state index contributed by atoms with van der Waals surface area (Å²) >= 11 is 0. The highest BCUT2D eigenvalue weighted by atomic mass is 19.1. The summed E-state index contributed by atoms with van der Waals surface area (Å²) in [5, 5.41) is 11.1. The van der Waals surface area contributed by atoms with Crippen molar-refractivity contribution in [3.63, 3.8) is 0 Å². The molecule has 1 atom stereocenters. The highest BCUT2D eigenvalue weighted by Crippen LogP contribution is 2.36. The van der Waals surface area contributed by atoms with E-state index in [1.807, 2.05) is 6.08 Å². The summed E-state index contributed by atoms with van der Waals surface area (Å²) in [4.78, 5) is 11.1. The maximum absolute atomic E-state index is 14.9. The maximum Gasteiger partial charge on any atom is 0.171 e. The number of nitrogens with zero attached hydrogens (tertiary/aromatic N) is 3. The highest BCUT2D eigenvalue weighted by molar-refractivity contribution is 6.08. The number of hydrogen-bond donors (Lipinski definition) is 2. The second-order valence-corrected chi connectivity index (χ2v) is 8.27. The van der Waals surface area contributed by atoms with Gasteiger partial charge in [0.2, 0.25) is 0 Å². The summed E-state index contributed by atoms with van der Waals surface area (Å²) in [5.41, 5.74) is 1.93. The molecule has 0 aliphatic carbocycles. The number of dihydropyridines is 1. The average molecular weight is 486 g/mol. The normalized spacial score (nSPS) is 20.1. The van der Waals surface area contributed by atoms with Gasteiger partial charge in [0.1, 0.15) is 5.84 Å². The third-order valence-corrected chi connectivity index (χ3v) is 6.19. The molecule has 8 nitrogen and oxygen atoms in total. The molecule has 3 heterocycles. The number of allylic oxidation sites excluding steroid dienone is 2. The summed E-state index contributed by atoms with van der Waals surface area (Å²) in [6.45, 7) is 4.95. The van der Waals surface area contributed by atoms with E-state index in [1.165, 1.54) is 26.5 Å². The molecule has 0 aromatic heterocycles. The lowest BCUT2D eigenvalue weighted by Crippen LogP contribution is -2.39. The molecule has 0 amide bonds. The van der Waals surface area contributed by atoms with Crippen molar-refractivity contribution in [3.8, 4) is 11.5 Å². The van der Waals surface area contributed by atoms with Gasteiger partial charge in [0.15, 0.2) is 23.1 Å². The number of morpholine rings is 1. The Balaban J connectivity index is 1.48. The van der Waals surface area contributed by atoms with E-state index in [4.69, 9.17) is 19.6 Å². The van der Waals surface area contributed by atoms with Gasteiger partial charge in [-0.25, -0.2) is 18.8 Å². The molecule has 1 unspecified atom stereocenters. The van der Waals surface area contributed by atoms with E-state index in [2.05, 4.69) is 20.2 Å². The minimum Gasteiger partial charge on any atom is -0.494 e. The van der Waals surface area contributed by atoms with Crippen molar-refractivity contribution in [1.82, 2.24) is 10.2 Å². The standard InChI is InChI=1S/C25H29F2N5O3/c1-33-21-11-22(34-2)24(27)20(23(21)26)10-17-15-31-25-19(17)9-16(14-30-25)18(12-28)13-29-3-4-32-5-7-35-8-6-32/h9,11-15,19,28-29H,3-8,10H2,1-2H3/b18-13+,28-12?. The third kappa shape index (κ3) is 5.49. The molecule has 1 aromatic rings. The zero-order chi connectivity index (χ0) is 24.8. The lowest BCUT2D eigenvalue weighted by molar-refractivity contribution is 0.0388. The maximum atomic E-state index is 14.9. The molecule has 1 fully saturated rings. The Morgan fingerprint density at radius 1 is 1.23 bits per heavy atom. The molecule has 0 bridgehead atoms. The number of fused-ring (bicyclic) bond motifs is 1. The Bertz CT molecular complexity index is 1090. The molecule has 4 rings (SSSR count). The van der Waals surface area contributed by atoms with E-state index in [0.717, 1.165) is 45.0 Å². The summed E-state index contributed by atoms with van der Waals surface area (Å²) in [6.07, 6.45) is 8.19. The van der Waals surface area contributed by atoms with Gasteiger partial charge in [0.25, 0.3) is 0 Å². The summed E-state index contributed by atoms with van der Waals surface area (Å²) in [5.74, 6) is -1.52. The smallest absolute Gasteiger partial charge is 0.171 e. The monoisotopic (exact) mass is 485 g/mol. The fourth-order valence-corrected chi connectivity index (χ4v) is 4.19. The quantitative estimate of drug-likeness (QED) is 0.393. The largest absolute Gasteiger partial charge is 0.494 e. The molecule has 186 valence electrons. The van der Waals surface area contributed by atoms with Gasteiger partial charge in [-0.2, -0.15) is 0 Å². The number of nitrogens with one attached hydrogen (secondary N) is 2. The second-order valence-electron chi connectivity index (χ2n) is 8.27. The Labute approximate surface area is 203 Å². The van der Waals surface area contributed by atoms with Crippen LogP contribution in [0.3, 0.4) is 0 Å². The molecule has 10 heteroatoms. The number of hydrogen-bond acceptors (Lipinski definition) is 8. The van der Waals surface area contributed by atoms with E-state index in [0.29, 0.717) is 17.0 Å². The van der Waals surface area contributed by atoms with Crippen LogP contribution in [0, 0.1) is 23.0 Å². The van der Waals surface area contributed by atoms with Crippen molar-refractivity contribution in [2.45, 2.75) is 6.42 Å². The molecule has 3 aliphatic heterocycles. The molecule has 0 radical (unpaired) electrons. The first-order chi connectivity index (χ1) is 17.0. The number of halogens is 2. The minimum absolute atomic E-state index is 0.0242. The predicted molar refractivity (Wildman–Crippen MR) is 131 cm³/mol. The number of benzene rings is 1. The van der Waals surface area contributed by atoms with Crippen LogP contribution >= 0.6 is 0 Å². The second kappa shape index (κ2) is 11.4. The molecule has 0 spiro atoms. The van der Waals surface area contributed by atoms with Crippen molar-refractivity contribution in [2.24, 2.45) is 15.9 Å². The lowest BCUT2D eigenvalue weighted by Gasteiger charge is -2.26. The first kappa shape index (κ1) is 24.7. The molecular weight excluding hydrogens is 456 g/mol. The summed E-state index contributed by atoms with van der Waals surface area (Å²) in [6, 6.07) is 1.19. The summed E-state index contributed by atoms with van der Waals surface area (Å²) in [7, 11) is 2.64. The molecule has 35 heavy (non-hydrogen) atoms. The number of aliphatic imine (C=N–C) groups is 2. The van der Waals surface area contributed by atoms with Crippen LogP contribution in [0.25, 0.3) is 0 Å². The van der Waals surface area contributed by atoms with Gasteiger partial charge >= 0.3 is 0 Å². The van der Waals surface area contributed by atoms with Crippen molar-refractivity contribution in [2.75, 3.05) is 53.6 Å². The van der Waals surface area contributed by atoms with Crippen LogP contribution in [0.4, 0.5) is 8.78 Å². The van der Waals surface area contributed by atoms with Crippen LogP contribution in [-0.4, -0.2) is 76.8 Å². The van der Waals surface area contributed by atoms with Gasteiger partial charge in [0, 0.05) is 80.2 Å². The van der Waals surface area contributed by atoms with Gasteiger partial charge in [-0.3, -0.25) is 4.90 Å². The minimum atomic E-state index is -0.770. The topological polar surface area (TPSA) is 91.5 Å². The fraction of sp³-hybridized carbons (Fsp3) is 0.400.